The van der Waals surface area contributed by atoms with Crippen LogP contribution >= 0.6 is 27.5 Å². The van der Waals surface area contributed by atoms with Crippen LogP contribution in [0.2, 0.25) is 5.02 Å². The predicted molar refractivity (Wildman–Crippen MR) is 82.8 cm³/mol. The highest BCUT2D eigenvalue weighted by Gasteiger charge is 2.21. The van der Waals surface area contributed by atoms with Gasteiger partial charge in [-0.15, -0.1) is 0 Å². The Morgan fingerprint density at radius 2 is 1.95 bits per heavy atom. The van der Waals surface area contributed by atoms with Gasteiger partial charge in [0, 0.05) is 17.3 Å². The maximum absolute atomic E-state index is 12.2. The van der Waals surface area contributed by atoms with Gasteiger partial charge in [-0.1, -0.05) is 32.4 Å². The van der Waals surface area contributed by atoms with E-state index in [0.29, 0.717) is 22.6 Å². The Morgan fingerprint density at radius 1 is 1.37 bits per heavy atom. The van der Waals surface area contributed by atoms with E-state index in [1.54, 1.807) is 0 Å². The number of hydrogen-bond acceptors (Lipinski definition) is 3. The SMILES string of the molecule is CC(C)C(C)CNS(=O)(=O)c1cc(Cl)cc(N)c1Br. The second kappa shape index (κ2) is 6.43. The fraction of sp³-hybridized carbons (Fsp3) is 0.500. The van der Waals surface area contributed by atoms with Crippen LogP contribution in [0.15, 0.2) is 21.5 Å². The maximum Gasteiger partial charge on any atom is 0.241 e. The summed E-state index contributed by atoms with van der Waals surface area (Å²) in [5, 5.41) is 0.290. The molecule has 0 saturated heterocycles. The Morgan fingerprint density at radius 3 is 2.47 bits per heavy atom. The topological polar surface area (TPSA) is 72.2 Å². The van der Waals surface area contributed by atoms with Crippen molar-refractivity contribution >= 4 is 43.2 Å². The zero-order chi connectivity index (χ0) is 14.8. The van der Waals surface area contributed by atoms with Gasteiger partial charge in [-0.2, -0.15) is 0 Å². The summed E-state index contributed by atoms with van der Waals surface area (Å²) in [5.41, 5.74) is 5.99. The quantitative estimate of drug-likeness (QED) is 0.783. The lowest BCUT2D eigenvalue weighted by atomic mass is 9.99. The van der Waals surface area contributed by atoms with Gasteiger partial charge in [-0.25, -0.2) is 13.1 Å². The summed E-state index contributed by atoms with van der Waals surface area (Å²) < 4.78 is 27.4. The van der Waals surface area contributed by atoms with Crippen LogP contribution in [0.3, 0.4) is 0 Å². The monoisotopic (exact) mass is 368 g/mol. The van der Waals surface area contributed by atoms with Gasteiger partial charge in [0.1, 0.15) is 0 Å². The maximum atomic E-state index is 12.2. The number of hydrogen-bond donors (Lipinski definition) is 2. The number of nitrogen functional groups attached to an aromatic ring is 1. The van der Waals surface area contributed by atoms with Crippen molar-refractivity contribution in [1.82, 2.24) is 4.72 Å². The van der Waals surface area contributed by atoms with Gasteiger partial charge in [-0.3, -0.25) is 0 Å². The van der Waals surface area contributed by atoms with Crippen LogP contribution in [-0.4, -0.2) is 15.0 Å². The van der Waals surface area contributed by atoms with Crippen molar-refractivity contribution in [2.24, 2.45) is 11.8 Å². The third kappa shape index (κ3) is 4.34. The molecule has 0 aliphatic heterocycles. The molecule has 0 saturated carbocycles. The van der Waals surface area contributed by atoms with Crippen LogP contribution < -0.4 is 10.5 Å². The molecular formula is C12H18BrClN2O2S. The highest BCUT2D eigenvalue weighted by atomic mass is 79.9. The molecule has 4 nitrogen and oxygen atoms in total. The molecule has 1 aromatic rings. The van der Waals surface area contributed by atoms with E-state index >= 15 is 0 Å². The highest BCUT2D eigenvalue weighted by Crippen LogP contribution is 2.31. The Kier molecular flexibility index (Phi) is 5.67. The van der Waals surface area contributed by atoms with E-state index in [0.717, 1.165) is 0 Å². The van der Waals surface area contributed by atoms with Crippen LogP contribution in [-0.2, 0) is 10.0 Å². The van der Waals surface area contributed by atoms with Crippen LogP contribution in [0, 0.1) is 11.8 Å². The van der Waals surface area contributed by atoms with E-state index in [2.05, 4.69) is 20.7 Å². The second-order valence-electron chi connectivity index (χ2n) is 4.88. The van der Waals surface area contributed by atoms with Gasteiger partial charge >= 0.3 is 0 Å². The largest absolute Gasteiger partial charge is 0.398 e. The standard InChI is InChI=1S/C12H18BrClN2O2S/c1-7(2)8(3)6-16-19(17,18)11-5-9(14)4-10(15)12(11)13/h4-5,7-8,16H,6,15H2,1-3H3. The molecular weight excluding hydrogens is 352 g/mol. The minimum absolute atomic E-state index is 0.0634. The molecule has 1 aromatic carbocycles. The average molecular weight is 370 g/mol. The van der Waals surface area contributed by atoms with Crippen molar-refractivity contribution < 1.29 is 8.42 Å². The molecule has 0 heterocycles. The lowest BCUT2D eigenvalue weighted by molar-refractivity contribution is 0.414. The van der Waals surface area contributed by atoms with Gasteiger partial charge in [0.15, 0.2) is 0 Å². The van der Waals surface area contributed by atoms with Crippen LogP contribution in [0.4, 0.5) is 5.69 Å². The average Bonchev–Trinajstić information content (AvgIpc) is 2.30. The third-order valence-electron chi connectivity index (χ3n) is 3.06. The Bertz CT molecular complexity index is 561. The molecule has 19 heavy (non-hydrogen) atoms. The zero-order valence-corrected chi connectivity index (χ0v) is 14.2. The molecule has 7 heteroatoms. The Hall–Kier alpha value is -0.300. The molecule has 0 spiro atoms. The van der Waals surface area contributed by atoms with Crippen LogP contribution in [0.1, 0.15) is 20.8 Å². The lowest BCUT2D eigenvalue weighted by Crippen LogP contribution is -2.30. The first-order chi connectivity index (χ1) is 8.65. The zero-order valence-electron chi connectivity index (χ0n) is 11.1. The number of benzene rings is 1. The third-order valence-corrected chi connectivity index (χ3v) is 5.87. The first-order valence-electron chi connectivity index (χ1n) is 5.89. The summed E-state index contributed by atoms with van der Waals surface area (Å²) in [6.45, 7) is 6.46. The summed E-state index contributed by atoms with van der Waals surface area (Å²) in [7, 11) is -3.63. The molecule has 1 atom stereocenters. The second-order valence-corrected chi connectivity index (χ2v) is 7.85. The van der Waals surface area contributed by atoms with E-state index < -0.39 is 10.0 Å². The highest BCUT2D eigenvalue weighted by molar-refractivity contribution is 9.10. The van der Waals surface area contributed by atoms with Crippen LogP contribution in [0.5, 0.6) is 0 Å². The summed E-state index contributed by atoms with van der Waals surface area (Å²) in [4.78, 5) is 0.0634. The minimum atomic E-state index is -3.63. The molecule has 3 N–H and O–H groups in total. The van der Waals surface area contributed by atoms with E-state index in [9.17, 15) is 8.42 Å². The van der Waals surface area contributed by atoms with Gasteiger partial charge in [-0.05, 0) is 39.9 Å². The normalized spacial score (nSPS) is 13.8. The molecule has 108 valence electrons. The van der Waals surface area contributed by atoms with Crippen molar-refractivity contribution in [2.75, 3.05) is 12.3 Å². The molecule has 0 bridgehead atoms. The van der Waals surface area contributed by atoms with Crippen molar-refractivity contribution in [3.8, 4) is 0 Å². The summed E-state index contributed by atoms with van der Waals surface area (Å²) in [6, 6.07) is 2.88. The predicted octanol–water partition coefficient (Wildman–Crippen LogP) is 3.26. The number of sulfonamides is 1. The van der Waals surface area contributed by atoms with Gasteiger partial charge < -0.3 is 5.73 Å². The number of rotatable bonds is 5. The number of anilines is 1. The first kappa shape index (κ1) is 16.8. The smallest absolute Gasteiger partial charge is 0.241 e. The van der Waals surface area contributed by atoms with Gasteiger partial charge in [0.2, 0.25) is 10.0 Å². The molecule has 0 fully saturated rings. The first-order valence-corrected chi connectivity index (χ1v) is 8.54. The van der Waals surface area contributed by atoms with E-state index in [4.69, 9.17) is 17.3 Å². The van der Waals surface area contributed by atoms with Crippen molar-refractivity contribution in [3.05, 3.63) is 21.6 Å². The van der Waals surface area contributed by atoms with E-state index in [-0.39, 0.29) is 15.8 Å². The number of nitrogens with one attached hydrogen (secondary N) is 1. The Labute approximate surface area is 127 Å². The summed E-state index contributed by atoms with van der Waals surface area (Å²) in [5.74, 6) is 0.639. The van der Waals surface area contributed by atoms with Gasteiger partial charge in [0.25, 0.3) is 0 Å². The summed E-state index contributed by atoms with van der Waals surface area (Å²) in [6.07, 6.45) is 0. The molecule has 0 amide bonds. The lowest BCUT2D eigenvalue weighted by Gasteiger charge is -2.17. The Balaban J connectivity index is 3.01. The molecule has 1 unspecified atom stereocenters. The fourth-order valence-electron chi connectivity index (χ4n) is 1.33. The van der Waals surface area contributed by atoms with E-state index in [1.165, 1.54) is 12.1 Å². The minimum Gasteiger partial charge on any atom is -0.398 e. The van der Waals surface area contributed by atoms with Crippen molar-refractivity contribution in [3.63, 3.8) is 0 Å². The number of nitrogens with two attached hydrogens (primary N) is 1. The summed E-state index contributed by atoms with van der Waals surface area (Å²) >= 11 is 9.03. The molecule has 0 radical (unpaired) electrons. The van der Waals surface area contributed by atoms with E-state index in [1.807, 2.05) is 20.8 Å². The molecule has 0 aliphatic rings. The molecule has 0 aliphatic carbocycles. The number of halogens is 2. The molecule has 0 aromatic heterocycles. The fourth-order valence-corrected chi connectivity index (χ4v) is 3.77. The van der Waals surface area contributed by atoms with Crippen molar-refractivity contribution in [1.29, 1.82) is 0 Å². The molecule has 1 rings (SSSR count). The van der Waals surface area contributed by atoms with Gasteiger partial charge in [0.05, 0.1) is 9.37 Å². The van der Waals surface area contributed by atoms with Crippen LogP contribution in [0.25, 0.3) is 0 Å². The van der Waals surface area contributed by atoms with Crippen molar-refractivity contribution in [2.45, 2.75) is 25.7 Å².